The molecule has 0 aliphatic carbocycles. The van der Waals surface area contributed by atoms with Gasteiger partial charge in [-0.25, -0.2) is 0 Å². The molecule has 0 aliphatic rings. The topological polar surface area (TPSA) is 72.9 Å². The van der Waals surface area contributed by atoms with E-state index < -0.39 is 0 Å². The fraction of sp³-hybridized carbons (Fsp3) is 0.636. The summed E-state index contributed by atoms with van der Waals surface area (Å²) in [5.74, 6) is 0.543. The van der Waals surface area contributed by atoms with Crippen molar-refractivity contribution >= 4 is 11.6 Å². The fourth-order valence-corrected chi connectivity index (χ4v) is 1.50. The quantitative estimate of drug-likeness (QED) is 0.757. The van der Waals surface area contributed by atoms with Crippen molar-refractivity contribution < 1.29 is 4.79 Å². The van der Waals surface area contributed by atoms with E-state index >= 15 is 0 Å². The van der Waals surface area contributed by atoms with Crippen LogP contribution in [0.2, 0.25) is 0 Å². The maximum Gasteiger partial charge on any atom is 0.241 e. The summed E-state index contributed by atoms with van der Waals surface area (Å²) < 4.78 is 1.54. The molecule has 5 heteroatoms. The highest BCUT2D eigenvalue weighted by Gasteiger charge is 2.07. The van der Waals surface area contributed by atoms with Gasteiger partial charge in [0, 0.05) is 12.7 Å². The average Bonchev–Trinajstić information content (AvgIpc) is 2.65. The van der Waals surface area contributed by atoms with Crippen LogP contribution in [0.15, 0.2) is 12.4 Å². The van der Waals surface area contributed by atoms with Crippen LogP contribution in [0.5, 0.6) is 0 Å². The Labute approximate surface area is 96.0 Å². The highest BCUT2D eigenvalue weighted by Crippen LogP contribution is 2.05. The molecule has 90 valence electrons. The second-order valence-electron chi connectivity index (χ2n) is 3.96. The molecule has 1 rings (SSSR count). The van der Waals surface area contributed by atoms with Gasteiger partial charge in [0.15, 0.2) is 0 Å². The summed E-state index contributed by atoms with van der Waals surface area (Å²) in [4.78, 5) is 11.5. The zero-order chi connectivity index (χ0) is 12.0. The predicted octanol–water partition coefficient (Wildman–Crippen LogP) is 1.02. The second-order valence-corrected chi connectivity index (χ2v) is 3.96. The Hall–Kier alpha value is -1.52. The third-order valence-corrected chi connectivity index (χ3v) is 2.70. The minimum atomic E-state index is -0.0185. The molecule has 1 amide bonds. The maximum atomic E-state index is 11.5. The summed E-state index contributed by atoms with van der Waals surface area (Å²) >= 11 is 0. The molecule has 3 N–H and O–H groups in total. The normalized spacial score (nSPS) is 10.7. The summed E-state index contributed by atoms with van der Waals surface area (Å²) in [5, 5.41) is 6.86. The standard InChI is InChI=1S/C11H20N4O/c1-3-9(4-2)5-13-11(16)8-15-7-10(12)6-14-15/h6-7,9H,3-5,8,12H2,1-2H3,(H,13,16). The van der Waals surface area contributed by atoms with Gasteiger partial charge in [0.25, 0.3) is 0 Å². The Balaban J connectivity index is 2.31. The number of hydrogen-bond donors (Lipinski definition) is 2. The summed E-state index contributed by atoms with van der Waals surface area (Å²) in [5.41, 5.74) is 6.08. The number of anilines is 1. The van der Waals surface area contributed by atoms with Crippen molar-refractivity contribution in [1.82, 2.24) is 15.1 Å². The Morgan fingerprint density at radius 1 is 1.56 bits per heavy atom. The van der Waals surface area contributed by atoms with Crippen LogP contribution >= 0.6 is 0 Å². The average molecular weight is 224 g/mol. The van der Waals surface area contributed by atoms with Crippen LogP contribution in [0.1, 0.15) is 26.7 Å². The van der Waals surface area contributed by atoms with E-state index in [1.54, 1.807) is 6.20 Å². The molecule has 0 unspecified atom stereocenters. The van der Waals surface area contributed by atoms with Gasteiger partial charge in [-0.05, 0) is 5.92 Å². The Morgan fingerprint density at radius 3 is 2.75 bits per heavy atom. The zero-order valence-corrected chi connectivity index (χ0v) is 9.94. The number of hydrogen-bond acceptors (Lipinski definition) is 3. The van der Waals surface area contributed by atoms with Crippen molar-refractivity contribution in [2.45, 2.75) is 33.2 Å². The molecule has 0 saturated heterocycles. The van der Waals surface area contributed by atoms with E-state index in [-0.39, 0.29) is 12.5 Å². The number of amides is 1. The molecule has 0 atom stereocenters. The molecule has 16 heavy (non-hydrogen) atoms. The first-order valence-electron chi connectivity index (χ1n) is 5.70. The van der Waals surface area contributed by atoms with E-state index in [1.807, 2.05) is 0 Å². The molecule has 0 radical (unpaired) electrons. The summed E-state index contributed by atoms with van der Waals surface area (Å²) in [6.45, 7) is 5.24. The van der Waals surface area contributed by atoms with Gasteiger partial charge in [0.1, 0.15) is 6.54 Å². The van der Waals surface area contributed by atoms with Crippen LogP contribution < -0.4 is 11.1 Å². The third-order valence-electron chi connectivity index (χ3n) is 2.70. The highest BCUT2D eigenvalue weighted by molar-refractivity contribution is 5.75. The van der Waals surface area contributed by atoms with Crippen LogP contribution in [0.3, 0.4) is 0 Å². The van der Waals surface area contributed by atoms with E-state index in [0.717, 1.165) is 19.4 Å². The molecule has 1 heterocycles. The first-order valence-corrected chi connectivity index (χ1v) is 5.70. The van der Waals surface area contributed by atoms with E-state index in [9.17, 15) is 4.79 Å². The van der Waals surface area contributed by atoms with Gasteiger partial charge in [0.2, 0.25) is 5.91 Å². The van der Waals surface area contributed by atoms with Crippen LogP contribution in [0, 0.1) is 5.92 Å². The molecule has 0 aromatic carbocycles. The van der Waals surface area contributed by atoms with Crippen LogP contribution in [0.4, 0.5) is 5.69 Å². The molecule has 1 aromatic heterocycles. The molecule has 1 aromatic rings. The second kappa shape index (κ2) is 6.15. The number of carbonyl (C=O) groups excluding carboxylic acids is 1. The summed E-state index contributed by atoms with van der Waals surface area (Å²) in [6.07, 6.45) is 5.36. The molecule has 0 bridgehead atoms. The summed E-state index contributed by atoms with van der Waals surface area (Å²) in [7, 11) is 0. The van der Waals surface area contributed by atoms with Gasteiger partial charge in [-0.15, -0.1) is 0 Å². The van der Waals surface area contributed by atoms with Gasteiger partial charge in [-0.3, -0.25) is 9.48 Å². The third kappa shape index (κ3) is 3.92. The lowest BCUT2D eigenvalue weighted by Crippen LogP contribution is -2.31. The molecule has 0 spiro atoms. The smallest absolute Gasteiger partial charge is 0.241 e. The van der Waals surface area contributed by atoms with Crippen LogP contribution in [-0.2, 0) is 11.3 Å². The van der Waals surface area contributed by atoms with Crippen molar-refractivity contribution in [1.29, 1.82) is 0 Å². The molecule has 0 aliphatic heterocycles. The first kappa shape index (κ1) is 12.5. The van der Waals surface area contributed by atoms with Crippen molar-refractivity contribution in [3.63, 3.8) is 0 Å². The number of carbonyl (C=O) groups is 1. The van der Waals surface area contributed by atoms with Crippen molar-refractivity contribution in [2.75, 3.05) is 12.3 Å². The molecular weight excluding hydrogens is 204 g/mol. The molecular formula is C11H20N4O. The SMILES string of the molecule is CCC(CC)CNC(=O)Cn1cc(N)cn1. The summed E-state index contributed by atoms with van der Waals surface area (Å²) in [6, 6.07) is 0. The number of rotatable bonds is 6. The molecule has 5 nitrogen and oxygen atoms in total. The van der Waals surface area contributed by atoms with E-state index in [4.69, 9.17) is 5.73 Å². The van der Waals surface area contributed by atoms with Gasteiger partial charge < -0.3 is 11.1 Å². The first-order chi connectivity index (χ1) is 7.65. The van der Waals surface area contributed by atoms with Gasteiger partial charge in [-0.1, -0.05) is 26.7 Å². The number of aromatic nitrogens is 2. The van der Waals surface area contributed by atoms with Gasteiger partial charge in [0.05, 0.1) is 11.9 Å². The molecule has 0 fully saturated rings. The Bertz CT molecular complexity index is 330. The van der Waals surface area contributed by atoms with Crippen molar-refractivity contribution in [3.8, 4) is 0 Å². The lowest BCUT2D eigenvalue weighted by molar-refractivity contribution is -0.122. The zero-order valence-electron chi connectivity index (χ0n) is 9.94. The molecule has 0 saturated carbocycles. The van der Waals surface area contributed by atoms with Crippen LogP contribution in [0.25, 0.3) is 0 Å². The maximum absolute atomic E-state index is 11.5. The monoisotopic (exact) mass is 224 g/mol. The highest BCUT2D eigenvalue weighted by atomic mass is 16.2. The van der Waals surface area contributed by atoms with Crippen LogP contribution in [-0.4, -0.2) is 22.2 Å². The van der Waals surface area contributed by atoms with Gasteiger partial charge >= 0.3 is 0 Å². The number of nitrogens with one attached hydrogen (secondary N) is 1. The Kier molecular flexibility index (Phi) is 4.82. The largest absolute Gasteiger partial charge is 0.396 e. The lowest BCUT2D eigenvalue weighted by Gasteiger charge is -2.13. The lowest BCUT2D eigenvalue weighted by atomic mass is 10.0. The van der Waals surface area contributed by atoms with Gasteiger partial charge in [-0.2, -0.15) is 5.10 Å². The number of nitrogens with zero attached hydrogens (tertiary/aromatic N) is 2. The van der Waals surface area contributed by atoms with E-state index in [1.165, 1.54) is 10.9 Å². The number of nitrogens with two attached hydrogens (primary N) is 1. The minimum Gasteiger partial charge on any atom is -0.396 e. The van der Waals surface area contributed by atoms with E-state index in [2.05, 4.69) is 24.3 Å². The minimum absolute atomic E-state index is 0.0185. The predicted molar refractivity (Wildman–Crippen MR) is 63.7 cm³/mol. The Morgan fingerprint density at radius 2 is 2.25 bits per heavy atom. The number of nitrogen functional groups attached to an aromatic ring is 1. The van der Waals surface area contributed by atoms with Crippen molar-refractivity contribution in [2.24, 2.45) is 5.92 Å². The fourth-order valence-electron chi connectivity index (χ4n) is 1.50. The van der Waals surface area contributed by atoms with E-state index in [0.29, 0.717) is 11.6 Å². The van der Waals surface area contributed by atoms with Crippen molar-refractivity contribution in [3.05, 3.63) is 12.4 Å².